The smallest absolute Gasteiger partial charge is 0.266 e. The average molecular weight is 208 g/mol. The summed E-state index contributed by atoms with van der Waals surface area (Å²) in [6.07, 6.45) is 3.57. The molecule has 15 heavy (non-hydrogen) atoms. The van der Waals surface area contributed by atoms with E-state index in [2.05, 4.69) is 4.98 Å². The van der Waals surface area contributed by atoms with Crippen LogP contribution < -0.4 is 26.7 Å². The molecule has 0 unspecified atom stereocenters. The molecule has 0 saturated heterocycles. The van der Waals surface area contributed by atoms with E-state index in [9.17, 15) is 14.7 Å². The number of nitrogens with two attached hydrogens (primary N) is 1. The van der Waals surface area contributed by atoms with E-state index >= 15 is 0 Å². The molecule has 1 heterocycles. The second-order valence-corrected chi connectivity index (χ2v) is 2.67. The molecule has 2 aromatic rings. The molecule has 6 heteroatoms. The van der Waals surface area contributed by atoms with Crippen molar-refractivity contribution in [3.63, 3.8) is 0 Å². The van der Waals surface area contributed by atoms with Gasteiger partial charge in [0.25, 0.3) is 5.43 Å². The Hall–Kier alpha value is -2.37. The number of aromatic hydroxyl groups is 1. The molecule has 0 saturated carbocycles. The van der Waals surface area contributed by atoms with Crippen LogP contribution in [0.15, 0.2) is 34.1 Å². The third kappa shape index (κ3) is 2.31. The summed E-state index contributed by atoms with van der Waals surface area (Å²) in [5.74, 6) is -2.01. The fourth-order valence-corrected chi connectivity index (χ4v) is 0.759. The summed E-state index contributed by atoms with van der Waals surface area (Å²) in [5.41, 5.74) is 3.93. The minimum Gasteiger partial charge on any atom is -0.867 e. The van der Waals surface area contributed by atoms with Gasteiger partial charge in [0.1, 0.15) is 0 Å². The van der Waals surface area contributed by atoms with E-state index < -0.39 is 22.4 Å². The molecule has 0 spiro atoms. The Morgan fingerprint density at radius 1 is 1.20 bits per heavy atom. The molecule has 78 valence electrons. The number of pyridine rings is 1. The summed E-state index contributed by atoms with van der Waals surface area (Å²) in [6, 6.07) is 3.61. The Kier molecular flexibility index (Phi) is 3.02. The van der Waals surface area contributed by atoms with Crippen molar-refractivity contribution < 1.29 is 15.2 Å². The van der Waals surface area contributed by atoms with E-state index in [0.717, 1.165) is 5.69 Å². The lowest BCUT2D eigenvalue weighted by molar-refractivity contribution is -0.377. The minimum atomic E-state index is -1.12. The Morgan fingerprint density at radius 3 is 1.93 bits per heavy atom. The molecule has 0 radical (unpaired) electrons. The zero-order chi connectivity index (χ0) is 11.4. The van der Waals surface area contributed by atoms with Crippen LogP contribution >= 0.6 is 0 Å². The predicted molar refractivity (Wildman–Crippen MR) is 49.9 cm³/mol. The van der Waals surface area contributed by atoms with Crippen LogP contribution in [0.4, 0.5) is 5.69 Å². The Balaban J connectivity index is 0.000000151. The highest BCUT2D eigenvalue weighted by Gasteiger charge is 2.09. The van der Waals surface area contributed by atoms with Crippen LogP contribution in [0.2, 0.25) is 0 Å². The largest absolute Gasteiger partial charge is 0.867 e. The lowest BCUT2D eigenvalue weighted by Gasteiger charge is -2.05. The van der Waals surface area contributed by atoms with E-state index in [1.165, 1.54) is 0 Å². The first-order valence-corrected chi connectivity index (χ1v) is 3.95. The van der Waals surface area contributed by atoms with Crippen molar-refractivity contribution in [2.75, 3.05) is 5.73 Å². The number of hydrogen-bond acceptors (Lipinski definition) is 5. The zero-order valence-electron chi connectivity index (χ0n) is 7.56. The maximum atomic E-state index is 9.91. The molecule has 6 nitrogen and oxygen atoms in total. The number of anilines is 1. The summed E-state index contributed by atoms with van der Waals surface area (Å²) in [6.45, 7) is 0. The molecule has 0 atom stereocenters. The zero-order valence-corrected chi connectivity index (χ0v) is 7.56. The second kappa shape index (κ2) is 4.23. The van der Waals surface area contributed by atoms with Crippen LogP contribution in [-0.4, -0.2) is 5.11 Å². The number of nitrogen functional groups attached to an aromatic ring is 1. The molecule has 0 aliphatic rings. The van der Waals surface area contributed by atoms with Crippen LogP contribution in [-0.2, 0) is 0 Å². The van der Waals surface area contributed by atoms with Crippen molar-refractivity contribution >= 4 is 5.69 Å². The van der Waals surface area contributed by atoms with Crippen molar-refractivity contribution in [1.29, 1.82) is 0 Å². The van der Waals surface area contributed by atoms with Gasteiger partial charge in [-0.15, -0.1) is 0 Å². The van der Waals surface area contributed by atoms with Gasteiger partial charge < -0.3 is 15.9 Å². The fraction of sp³-hybridized carbons (Fsp3) is 0. The lowest BCUT2D eigenvalue weighted by atomic mass is 10.2. The van der Waals surface area contributed by atoms with Crippen molar-refractivity contribution in [1.82, 2.24) is 0 Å². The van der Waals surface area contributed by atoms with Gasteiger partial charge in [0, 0.05) is 17.8 Å². The number of H-pyrrole nitrogens is 1. The van der Waals surface area contributed by atoms with Gasteiger partial charge in [0.15, 0.2) is 18.1 Å². The highest BCUT2D eigenvalue weighted by molar-refractivity contribution is 5.41. The van der Waals surface area contributed by atoms with Gasteiger partial charge in [0.2, 0.25) is 5.43 Å². The van der Waals surface area contributed by atoms with Crippen LogP contribution in [0.5, 0.6) is 11.5 Å². The molecule has 0 aliphatic carbocycles. The summed E-state index contributed by atoms with van der Waals surface area (Å²) in [7, 11) is 0. The Morgan fingerprint density at radius 2 is 1.73 bits per heavy atom. The van der Waals surface area contributed by atoms with Crippen molar-refractivity contribution in [2.45, 2.75) is 0 Å². The van der Waals surface area contributed by atoms with Crippen LogP contribution in [0.25, 0.3) is 0 Å². The van der Waals surface area contributed by atoms with E-state index in [1.807, 2.05) is 0 Å². The predicted octanol–water partition coefficient (Wildman–Crippen LogP) is -1.86. The Labute approximate surface area is 83.9 Å². The lowest BCUT2D eigenvalue weighted by Crippen LogP contribution is -2.33. The number of rotatable bonds is 0. The fourth-order valence-electron chi connectivity index (χ4n) is 0.759. The van der Waals surface area contributed by atoms with Gasteiger partial charge in [-0.1, -0.05) is 0 Å². The van der Waals surface area contributed by atoms with Crippen LogP contribution in [0.3, 0.4) is 0 Å². The molecule has 1 aromatic carbocycles. The van der Waals surface area contributed by atoms with E-state index in [-0.39, 0.29) is 0 Å². The second-order valence-electron chi connectivity index (χ2n) is 2.67. The summed E-state index contributed by atoms with van der Waals surface area (Å²) < 4.78 is 0. The molecule has 2 rings (SSSR count). The average Bonchev–Trinajstić information content (AvgIpc) is 2.28. The first-order valence-electron chi connectivity index (χ1n) is 3.95. The van der Waals surface area contributed by atoms with Crippen LogP contribution in [0, 0.1) is 0 Å². The summed E-state index contributed by atoms with van der Waals surface area (Å²) in [5, 5.41) is 18.1. The SMILES string of the molecule is Nc1cc[nH+]cc1.O=c1c([O-])c(O)c1=O. The van der Waals surface area contributed by atoms with Gasteiger partial charge >= 0.3 is 0 Å². The minimum absolute atomic E-state index is 0.791. The molecule has 0 amide bonds. The summed E-state index contributed by atoms with van der Waals surface area (Å²) >= 11 is 0. The molecule has 0 bridgehead atoms. The number of nitrogens with one attached hydrogen (secondary N) is 1. The quantitative estimate of drug-likeness (QED) is 0.492. The van der Waals surface area contributed by atoms with Crippen molar-refractivity contribution in [3.8, 4) is 11.5 Å². The molecule has 1 aromatic heterocycles. The molecular weight excluding hydrogens is 200 g/mol. The molecular formula is C9H8N2O4. The topological polar surface area (TPSA) is 118 Å². The number of aromatic nitrogens is 1. The highest BCUT2D eigenvalue weighted by Crippen LogP contribution is 2.09. The third-order valence-electron chi connectivity index (χ3n) is 1.59. The summed E-state index contributed by atoms with van der Waals surface area (Å²) in [4.78, 5) is 22.7. The number of aromatic amines is 1. The van der Waals surface area contributed by atoms with E-state index in [0.29, 0.717) is 0 Å². The molecule has 4 N–H and O–H groups in total. The van der Waals surface area contributed by atoms with Crippen molar-refractivity contribution in [2.24, 2.45) is 0 Å². The first kappa shape index (κ1) is 10.7. The van der Waals surface area contributed by atoms with Gasteiger partial charge in [-0.3, -0.25) is 9.59 Å². The van der Waals surface area contributed by atoms with Gasteiger partial charge in [-0.05, 0) is 5.75 Å². The van der Waals surface area contributed by atoms with Gasteiger partial charge in [0.05, 0.1) is 0 Å². The third-order valence-corrected chi connectivity index (χ3v) is 1.59. The van der Waals surface area contributed by atoms with Crippen molar-refractivity contribution in [3.05, 3.63) is 45.0 Å². The standard InChI is InChI=1S/C5H6N2.C4H2O4/c6-5-1-3-7-4-2-5;5-1-2(6)4(8)3(1)7/h1-4H,(H2,6,7);5-6H. The number of hydrogen-bond donors (Lipinski definition) is 2. The normalized spacial score (nSPS) is 9.33. The first-order chi connectivity index (χ1) is 7.04. The Bertz CT molecular complexity index is 485. The van der Waals surface area contributed by atoms with Crippen LogP contribution in [0.1, 0.15) is 0 Å². The maximum absolute atomic E-state index is 9.91. The highest BCUT2D eigenvalue weighted by atomic mass is 16.3. The molecule has 0 aliphatic heterocycles. The van der Waals surface area contributed by atoms with Gasteiger partial charge in [-0.2, -0.15) is 0 Å². The van der Waals surface area contributed by atoms with Gasteiger partial charge in [-0.25, -0.2) is 4.98 Å². The monoisotopic (exact) mass is 208 g/mol. The molecule has 0 fully saturated rings. The van der Waals surface area contributed by atoms with E-state index in [1.54, 1.807) is 24.5 Å². The maximum Gasteiger partial charge on any atom is 0.266 e. The van der Waals surface area contributed by atoms with E-state index in [4.69, 9.17) is 10.8 Å².